The van der Waals surface area contributed by atoms with Crippen molar-refractivity contribution in [3.05, 3.63) is 35.7 Å². The number of aromatic nitrogens is 1. The van der Waals surface area contributed by atoms with Gasteiger partial charge in [0.1, 0.15) is 0 Å². The lowest BCUT2D eigenvalue weighted by Gasteiger charge is -2.00. The third kappa shape index (κ3) is 2.44. The van der Waals surface area contributed by atoms with Crippen LogP contribution in [0.25, 0.3) is 12.2 Å². The van der Waals surface area contributed by atoms with E-state index in [0.717, 1.165) is 11.4 Å². The Labute approximate surface area is 78.8 Å². The third-order valence-electron chi connectivity index (χ3n) is 1.64. The van der Waals surface area contributed by atoms with Crippen LogP contribution in [0.2, 0.25) is 0 Å². The molecule has 0 unspecified atom stereocenters. The monoisotopic (exact) mass is 174 g/mol. The fourth-order valence-corrected chi connectivity index (χ4v) is 1.06. The highest BCUT2D eigenvalue weighted by Crippen LogP contribution is 2.12. The molecule has 2 nitrogen and oxygen atoms in total. The molecule has 13 heavy (non-hydrogen) atoms. The van der Waals surface area contributed by atoms with E-state index in [1.165, 1.54) is 0 Å². The highest BCUT2D eigenvalue weighted by Gasteiger charge is 1.96. The zero-order chi connectivity index (χ0) is 9.68. The van der Waals surface area contributed by atoms with Crippen LogP contribution < -0.4 is 5.73 Å². The molecule has 2 N–H and O–H groups in total. The van der Waals surface area contributed by atoms with Crippen LogP contribution in [0.4, 0.5) is 5.69 Å². The molecule has 1 heterocycles. The van der Waals surface area contributed by atoms with Crippen LogP contribution >= 0.6 is 0 Å². The summed E-state index contributed by atoms with van der Waals surface area (Å²) in [5, 5.41) is 0. The van der Waals surface area contributed by atoms with Crippen LogP contribution in [0.3, 0.4) is 0 Å². The molecule has 2 heteroatoms. The topological polar surface area (TPSA) is 38.9 Å². The smallest absolute Gasteiger partial charge is 0.0862 e. The maximum atomic E-state index is 5.73. The number of anilines is 1. The first-order chi connectivity index (χ1) is 6.27. The highest BCUT2D eigenvalue weighted by atomic mass is 14.7. The molecule has 0 aliphatic rings. The van der Waals surface area contributed by atoms with Crippen molar-refractivity contribution >= 4 is 17.8 Å². The van der Waals surface area contributed by atoms with Crippen molar-refractivity contribution in [1.29, 1.82) is 0 Å². The molecule has 0 aliphatic heterocycles. The Hall–Kier alpha value is -1.57. The standard InChI is InChI=1S/C11H14N2/c1-3-5-9-7-8-10(12)11(13-9)6-4-2/h3-8H,12H2,1-2H3. The van der Waals surface area contributed by atoms with Gasteiger partial charge in [-0.1, -0.05) is 12.2 Å². The summed E-state index contributed by atoms with van der Waals surface area (Å²) < 4.78 is 0. The summed E-state index contributed by atoms with van der Waals surface area (Å²) in [5.41, 5.74) is 8.21. The van der Waals surface area contributed by atoms with E-state index in [1.807, 2.05) is 50.3 Å². The Balaban J connectivity index is 3.10. The van der Waals surface area contributed by atoms with Crippen molar-refractivity contribution in [2.45, 2.75) is 13.8 Å². The normalized spacial score (nSPS) is 11.5. The number of allylic oxidation sites excluding steroid dienone is 2. The SMILES string of the molecule is CC=Cc1ccc(N)c(C=CC)n1. The second kappa shape index (κ2) is 4.45. The molecule has 0 saturated heterocycles. The van der Waals surface area contributed by atoms with E-state index in [1.54, 1.807) is 0 Å². The van der Waals surface area contributed by atoms with E-state index in [0.29, 0.717) is 5.69 Å². The summed E-state index contributed by atoms with van der Waals surface area (Å²) in [6.45, 7) is 3.91. The number of hydrogen-bond donors (Lipinski definition) is 1. The minimum absolute atomic E-state index is 0.714. The number of hydrogen-bond acceptors (Lipinski definition) is 2. The van der Waals surface area contributed by atoms with Crippen LogP contribution in [0.5, 0.6) is 0 Å². The van der Waals surface area contributed by atoms with Gasteiger partial charge in [-0.2, -0.15) is 0 Å². The summed E-state index contributed by atoms with van der Waals surface area (Å²) in [6, 6.07) is 3.78. The maximum Gasteiger partial charge on any atom is 0.0862 e. The van der Waals surface area contributed by atoms with E-state index in [9.17, 15) is 0 Å². The Morgan fingerprint density at radius 2 is 1.85 bits per heavy atom. The fourth-order valence-electron chi connectivity index (χ4n) is 1.06. The summed E-state index contributed by atoms with van der Waals surface area (Å²) >= 11 is 0. The molecular formula is C11H14N2. The second-order valence-electron chi connectivity index (χ2n) is 2.71. The van der Waals surface area contributed by atoms with Crippen LogP contribution in [0.15, 0.2) is 24.3 Å². The van der Waals surface area contributed by atoms with Gasteiger partial charge in [0.25, 0.3) is 0 Å². The number of nitrogens with zero attached hydrogens (tertiary/aromatic N) is 1. The third-order valence-corrected chi connectivity index (χ3v) is 1.64. The Kier molecular flexibility index (Phi) is 3.26. The van der Waals surface area contributed by atoms with Crippen LogP contribution in [0, 0.1) is 0 Å². The molecule has 1 aromatic rings. The van der Waals surface area contributed by atoms with E-state index >= 15 is 0 Å². The van der Waals surface area contributed by atoms with E-state index in [2.05, 4.69) is 4.98 Å². The van der Waals surface area contributed by atoms with Crippen molar-refractivity contribution in [3.63, 3.8) is 0 Å². The van der Waals surface area contributed by atoms with E-state index in [4.69, 9.17) is 5.73 Å². The molecule has 0 aromatic carbocycles. The second-order valence-corrected chi connectivity index (χ2v) is 2.71. The van der Waals surface area contributed by atoms with Gasteiger partial charge in [-0.25, -0.2) is 4.98 Å². The Morgan fingerprint density at radius 3 is 2.46 bits per heavy atom. The average molecular weight is 174 g/mol. The van der Waals surface area contributed by atoms with Gasteiger partial charge in [0.15, 0.2) is 0 Å². The van der Waals surface area contributed by atoms with Crippen molar-refractivity contribution in [2.24, 2.45) is 0 Å². The van der Waals surface area contributed by atoms with Gasteiger partial charge in [0.2, 0.25) is 0 Å². The predicted octanol–water partition coefficient (Wildman–Crippen LogP) is 2.73. The van der Waals surface area contributed by atoms with Crippen molar-refractivity contribution in [1.82, 2.24) is 4.98 Å². The van der Waals surface area contributed by atoms with Gasteiger partial charge < -0.3 is 5.73 Å². The first-order valence-corrected chi connectivity index (χ1v) is 4.30. The lowest BCUT2D eigenvalue weighted by Crippen LogP contribution is -1.93. The average Bonchev–Trinajstić information content (AvgIpc) is 2.12. The van der Waals surface area contributed by atoms with E-state index < -0.39 is 0 Å². The molecule has 0 spiro atoms. The van der Waals surface area contributed by atoms with Gasteiger partial charge >= 0.3 is 0 Å². The van der Waals surface area contributed by atoms with Crippen molar-refractivity contribution in [3.8, 4) is 0 Å². The molecule has 68 valence electrons. The fraction of sp³-hybridized carbons (Fsp3) is 0.182. The molecule has 0 fully saturated rings. The molecule has 0 aliphatic carbocycles. The largest absolute Gasteiger partial charge is 0.397 e. The van der Waals surface area contributed by atoms with Gasteiger partial charge in [-0.15, -0.1) is 0 Å². The van der Waals surface area contributed by atoms with Crippen LogP contribution in [-0.2, 0) is 0 Å². The molecule has 1 aromatic heterocycles. The minimum atomic E-state index is 0.714. The lowest BCUT2D eigenvalue weighted by molar-refractivity contribution is 1.27. The Bertz CT molecular complexity index is 338. The number of rotatable bonds is 2. The first kappa shape index (κ1) is 9.52. The molecule has 0 amide bonds. The first-order valence-electron chi connectivity index (χ1n) is 4.30. The number of nitrogens with two attached hydrogens (primary N) is 1. The van der Waals surface area contributed by atoms with Gasteiger partial charge in [-0.3, -0.25) is 0 Å². The molecule has 0 saturated carbocycles. The molecule has 1 rings (SSSR count). The predicted molar refractivity (Wildman–Crippen MR) is 58.1 cm³/mol. The van der Waals surface area contributed by atoms with Crippen molar-refractivity contribution < 1.29 is 0 Å². The summed E-state index contributed by atoms with van der Waals surface area (Å²) in [7, 11) is 0. The number of pyridine rings is 1. The molecule has 0 radical (unpaired) electrons. The van der Waals surface area contributed by atoms with Crippen LogP contribution in [0.1, 0.15) is 25.2 Å². The summed E-state index contributed by atoms with van der Waals surface area (Å²) in [5.74, 6) is 0. The molecule has 0 atom stereocenters. The van der Waals surface area contributed by atoms with Gasteiger partial charge in [0, 0.05) is 0 Å². The lowest BCUT2D eigenvalue weighted by atomic mass is 10.2. The highest BCUT2D eigenvalue weighted by molar-refractivity contribution is 5.62. The van der Waals surface area contributed by atoms with Crippen LogP contribution in [-0.4, -0.2) is 4.98 Å². The zero-order valence-electron chi connectivity index (χ0n) is 7.99. The summed E-state index contributed by atoms with van der Waals surface area (Å²) in [4.78, 5) is 4.35. The summed E-state index contributed by atoms with van der Waals surface area (Å²) in [6.07, 6.45) is 7.74. The van der Waals surface area contributed by atoms with Gasteiger partial charge in [-0.05, 0) is 38.1 Å². The van der Waals surface area contributed by atoms with Crippen molar-refractivity contribution in [2.75, 3.05) is 5.73 Å². The Morgan fingerprint density at radius 1 is 1.15 bits per heavy atom. The van der Waals surface area contributed by atoms with E-state index in [-0.39, 0.29) is 0 Å². The quantitative estimate of drug-likeness (QED) is 0.748. The van der Waals surface area contributed by atoms with Gasteiger partial charge in [0.05, 0.1) is 17.1 Å². The maximum absolute atomic E-state index is 5.73. The minimum Gasteiger partial charge on any atom is -0.397 e. The zero-order valence-corrected chi connectivity index (χ0v) is 7.99. The number of nitrogen functional groups attached to an aromatic ring is 1. The molecule has 0 bridgehead atoms. The molecular weight excluding hydrogens is 160 g/mol.